The number of allylic oxidation sites excluding steroid dienone is 1. The predicted octanol–water partition coefficient (Wildman–Crippen LogP) is 4.33. The Kier molecular flexibility index (Phi) is 9.32. The summed E-state index contributed by atoms with van der Waals surface area (Å²) in [5.41, 5.74) is 3.11. The van der Waals surface area contributed by atoms with E-state index in [2.05, 4.69) is 17.2 Å². The smallest absolute Gasteiger partial charge is 0.328 e. The Bertz CT molecular complexity index is 1410. The second-order valence-corrected chi connectivity index (χ2v) is 10.1. The van der Waals surface area contributed by atoms with Gasteiger partial charge in [-0.3, -0.25) is 4.79 Å². The molecular formula is C27H28ClN3O5S. The average Bonchev–Trinajstić information content (AvgIpc) is 2.89. The van der Waals surface area contributed by atoms with Gasteiger partial charge in [-0.05, 0) is 53.8 Å². The van der Waals surface area contributed by atoms with E-state index in [0.29, 0.717) is 45.9 Å². The van der Waals surface area contributed by atoms with Gasteiger partial charge in [-0.1, -0.05) is 54.1 Å². The molecule has 0 bridgehead atoms. The van der Waals surface area contributed by atoms with Crippen molar-refractivity contribution >= 4 is 33.6 Å². The molecule has 0 spiro atoms. The lowest BCUT2D eigenvalue weighted by atomic mass is 10.0. The molecule has 3 rings (SSSR count). The van der Waals surface area contributed by atoms with Gasteiger partial charge in [0.1, 0.15) is 5.75 Å². The number of ether oxygens (including phenoxy) is 1. The molecule has 0 saturated heterocycles. The van der Waals surface area contributed by atoms with Crippen molar-refractivity contribution in [1.29, 1.82) is 0 Å². The molecule has 194 valence electrons. The van der Waals surface area contributed by atoms with Gasteiger partial charge < -0.3 is 15.4 Å². The SMILES string of the molecule is C=CCc1ccc(-c2ccc(CCNC(=O)c3cc(Cl)ccc3OC)cc2S(=O)(=O)NC(=O)NC)cc1. The Morgan fingerprint density at radius 2 is 1.73 bits per heavy atom. The highest BCUT2D eigenvalue weighted by Crippen LogP contribution is 2.29. The van der Waals surface area contributed by atoms with Gasteiger partial charge in [0.15, 0.2) is 0 Å². The van der Waals surface area contributed by atoms with Crippen molar-refractivity contribution in [2.45, 2.75) is 17.7 Å². The van der Waals surface area contributed by atoms with Gasteiger partial charge in [0.05, 0.1) is 17.6 Å². The van der Waals surface area contributed by atoms with Gasteiger partial charge in [0.25, 0.3) is 15.9 Å². The third-order valence-electron chi connectivity index (χ3n) is 5.54. The molecule has 0 atom stereocenters. The summed E-state index contributed by atoms with van der Waals surface area (Å²) in [5, 5.41) is 5.46. The van der Waals surface area contributed by atoms with Crippen LogP contribution in [0.2, 0.25) is 5.02 Å². The van der Waals surface area contributed by atoms with E-state index in [9.17, 15) is 18.0 Å². The number of carbonyl (C=O) groups is 2. The number of sulfonamides is 1. The quantitative estimate of drug-likeness (QED) is 0.330. The molecule has 37 heavy (non-hydrogen) atoms. The number of carbonyl (C=O) groups excluding carboxylic acids is 2. The number of hydrogen-bond donors (Lipinski definition) is 3. The second-order valence-electron chi connectivity index (χ2n) is 8.06. The Morgan fingerprint density at radius 1 is 1.03 bits per heavy atom. The van der Waals surface area contributed by atoms with E-state index in [1.54, 1.807) is 30.3 Å². The summed E-state index contributed by atoms with van der Waals surface area (Å²) in [6, 6.07) is 16.3. The fourth-order valence-electron chi connectivity index (χ4n) is 3.67. The van der Waals surface area contributed by atoms with Crippen molar-refractivity contribution in [3.05, 3.63) is 95.0 Å². The average molecular weight is 542 g/mol. The van der Waals surface area contributed by atoms with E-state index in [0.717, 1.165) is 5.56 Å². The highest BCUT2D eigenvalue weighted by Gasteiger charge is 2.22. The van der Waals surface area contributed by atoms with Crippen LogP contribution in [-0.4, -0.2) is 41.1 Å². The molecule has 0 aliphatic rings. The van der Waals surface area contributed by atoms with Crippen LogP contribution in [0.4, 0.5) is 4.79 Å². The van der Waals surface area contributed by atoms with Crippen LogP contribution in [0, 0.1) is 0 Å². The zero-order chi connectivity index (χ0) is 27.0. The fraction of sp³-hybridized carbons (Fsp3) is 0.185. The van der Waals surface area contributed by atoms with Crippen LogP contribution >= 0.6 is 11.6 Å². The van der Waals surface area contributed by atoms with E-state index in [-0.39, 0.29) is 17.3 Å². The summed E-state index contributed by atoms with van der Waals surface area (Å²) in [5.74, 6) is 0.0173. The molecular weight excluding hydrogens is 514 g/mol. The standard InChI is InChI=1S/C27H28ClN3O5S/c1-4-5-18-6-9-20(10-7-18)22-12-8-19(16-25(22)37(34,35)31-27(33)29-2)14-15-30-26(32)23-17-21(28)11-13-24(23)36-3/h4,6-13,16-17H,1,5,14-15H2,2-3H3,(H,30,32)(H2,29,31,33). The maximum absolute atomic E-state index is 13.1. The lowest BCUT2D eigenvalue weighted by Gasteiger charge is -2.14. The third kappa shape index (κ3) is 7.12. The summed E-state index contributed by atoms with van der Waals surface area (Å²) >= 11 is 6.01. The summed E-state index contributed by atoms with van der Waals surface area (Å²) in [7, 11) is -1.39. The first-order valence-corrected chi connectivity index (χ1v) is 13.2. The van der Waals surface area contributed by atoms with Crippen LogP contribution in [0.15, 0.2) is 78.2 Å². The highest BCUT2D eigenvalue weighted by atomic mass is 35.5. The number of rotatable bonds is 10. The van der Waals surface area contributed by atoms with Gasteiger partial charge in [0, 0.05) is 24.2 Å². The molecule has 0 unspecified atom stereocenters. The minimum absolute atomic E-state index is 0.0482. The van der Waals surface area contributed by atoms with Gasteiger partial charge in [-0.15, -0.1) is 6.58 Å². The predicted molar refractivity (Wildman–Crippen MR) is 145 cm³/mol. The zero-order valence-corrected chi connectivity index (χ0v) is 22.1. The van der Waals surface area contributed by atoms with Crippen LogP contribution in [0.3, 0.4) is 0 Å². The van der Waals surface area contributed by atoms with Gasteiger partial charge >= 0.3 is 6.03 Å². The first-order valence-electron chi connectivity index (χ1n) is 11.4. The van der Waals surface area contributed by atoms with Crippen LogP contribution in [-0.2, 0) is 22.9 Å². The molecule has 0 radical (unpaired) electrons. The topological polar surface area (TPSA) is 114 Å². The van der Waals surface area contributed by atoms with E-state index in [1.165, 1.54) is 26.3 Å². The Morgan fingerprint density at radius 3 is 2.38 bits per heavy atom. The molecule has 3 aromatic rings. The maximum Gasteiger partial charge on any atom is 0.328 e. The van der Waals surface area contributed by atoms with E-state index < -0.39 is 16.1 Å². The van der Waals surface area contributed by atoms with E-state index >= 15 is 0 Å². The Balaban J connectivity index is 1.87. The first-order chi connectivity index (χ1) is 17.7. The zero-order valence-electron chi connectivity index (χ0n) is 20.5. The number of benzene rings is 3. The molecule has 0 aromatic heterocycles. The molecule has 0 aliphatic carbocycles. The first kappa shape index (κ1) is 27.8. The number of nitrogens with one attached hydrogen (secondary N) is 3. The minimum Gasteiger partial charge on any atom is -0.496 e. The fourth-order valence-corrected chi connectivity index (χ4v) is 5.08. The molecule has 0 fully saturated rings. The molecule has 0 saturated carbocycles. The monoisotopic (exact) mass is 541 g/mol. The summed E-state index contributed by atoms with van der Waals surface area (Å²) in [6.07, 6.45) is 2.82. The summed E-state index contributed by atoms with van der Waals surface area (Å²) < 4.78 is 33.5. The van der Waals surface area contributed by atoms with Gasteiger partial charge in [-0.25, -0.2) is 17.9 Å². The van der Waals surface area contributed by atoms with Gasteiger partial charge in [0.2, 0.25) is 0 Å². The van der Waals surface area contributed by atoms with Crippen molar-refractivity contribution in [2.24, 2.45) is 0 Å². The number of methoxy groups -OCH3 is 1. The Hall–Kier alpha value is -3.82. The second kappa shape index (κ2) is 12.4. The lowest BCUT2D eigenvalue weighted by molar-refractivity contribution is 0.0951. The normalized spacial score (nSPS) is 10.9. The highest BCUT2D eigenvalue weighted by molar-refractivity contribution is 7.90. The Labute approximate surface area is 221 Å². The minimum atomic E-state index is -4.19. The van der Waals surface area contributed by atoms with Crippen molar-refractivity contribution in [2.75, 3.05) is 20.7 Å². The summed E-state index contributed by atoms with van der Waals surface area (Å²) in [6.45, 7) is 3.96. The van der Waals surface area contributed by atoms with Crippen molar-refractivity contribution in [1.82, 2.24) is 15.4 Å². The molecule has 3 amide bonds. The molecule has 3 aromatic carbocycles. The molecule has 3 N–H and O–H groups in total. The van der Waals surface area contributed by atoms with E-state index in [1.807, 2.05) is 29.0 Å². The lowest BCUT2D eigenvalue weighted by Crippen LogP contribution is -2.37. The van der Waals surface area contributed by atoms with Crippen LogP contribution in [0.25, 0.3) is 11.1 Å². The number of hydrogen-bond acceptors (Lipinski definition) is 5. The number of amides is 3. The van der Waals surface area contributed by atoms with Crippen LogP contribution < -0.4 is 20.1 Å². The van der Waals surface area contributed by atoms with Crippen LogP contribution in [0.1, 0.15) is 21.5 Å². The molecule has 10 heteroatoms. The van der Waals surface area contributed by atoms with E-state index in [4.69, 9.17) is 16.3 Å². The number of halogens is 1. The number of urea groups is 1. The van der Waals surface area contributed by atoms with Crippen molar-refractivity contribution in [3.8, 4) is 16.9 Å². The van der Waals surface area contributed by atoms with Crippen molar-refractivity contribution < 1.29 is 22.7 Å². The summed E-state index contributed by atoms with van der Waals surface area (Å²) in [4.78, 5) is 24.4. The maximum atomic E-state index is 13.1. The van der Waals surface area contributed by atoms with Gasteiger partial charge in [-0.2, -0.15) is 0 Å². The van der Waals surface area contributed by atoms with Crippen molar-refractivity contribution in [3.63, 3.8) is 0 Å². The third-order valence-corrected chi connectivity index (χ3v) is 7.15. The largest absolute Gasteiger partial charge is 0.496 e. The van der Waals surface area contributed by atoms with Crippen LogP contribution in [0.5, 0.6) is 5.75 Å². The molecule has 8 nitrogen and oxygen atoms in total. The molecule has 0 heterocycles. The molecule has 0 aliphatic heterocycles.